The largest absolute Gasteiger partial charge is 0.381 e. The van der Waals surface area contributed by atoms with Crippen molar-refractivity contribution in [1.82, 2.24) is 24.6 Å². The predicted octanol–water partition coefficient (Wildman–Crippen LogP) is 4.97. The second-order valence-electron chi connectivity index (χ2n) is 13.4. The third-order valence-corrected chi connectivity index (χ3v) is 11.2. The number of fused-ring (bicyclic) bond motifs is 2. The lowest BCUT2D eigenvalue weighted by Crippen LogP contribution is -2.50. The minimum absolute atomic E-state index is 0.114. The van der Waals surface area contributed by atoms with Crippen LogP contribution in [0.5, 0.6) is 0 Å². The van der Waals surface area contributed by atoms with E-state index in [1.807, 2.05) is 10.7 Å². The second kappa shape index (κ2) is 13.2. The lowest BCUT2D eigenvalue weighted by Gasteiger charge is -2.43. The van der Waals surface area contributed by atoms with E-state index in [0.717, 1.165) is 63.8 Å². The van der Waals surface area contributed by atoms with E-state index in [1.54, 1.807) is 12.4 Å². The number of amides is 1. The van der Waals surface area contributed by atoms with E-state index in [9.17, 15) is 4.79 Å². The zero-order valence-electron chi connectivity index (χ0n) is 26.0. The molecule has 2 aromatic rings. The number of pyridine rings is 1. The highest BCUT2D eigenvalue weighted by Gasteiger charge is 2.46. The number of carbonyl (C=O) groups is 1. The summed E-state index contributed by atoms with van der Waals surface area (Å²) in [4.78, 5) is 25.7. The monoisotopic (exact) mass is 611 g/mol. The highest BCUT2D eigenvalue weighted by molar-refractivity contribution is 6.22. The van der Waals surface area contributed by atoms with Gasteiger partial charge >= 0.3 is 0 Å². The molecule has 2 aromatic heterocycles. The number of alkyl halides is 1. The number of likely N-dealkylation sites (tertiary alicyclic amines) is 1. The molecule has 0 aromatic carbocycles. The average molecular weight is 612 g/mol. The van der Waals surface area contributed by atoms with Crippen molar-refractivity contribution in [2.75, 3.05) is 68.1 Å². The number of nitrogens with one attached hydrogen (secondary N) is 2. The smallest absolute Gasteiger partial charge is 0.263 e. The summed E-state index contributed by atoms with van der Waals surface area (Å²) in [6, 6.07) is 3.28. The molecule has 4 aliphatic rings. The van der Waals surface area contributed by atoms with Gasteiger partial charge in [0.1, 0.15) is 11.4 Å². The van der Waals surface area contributed by atoms with Crippen LogP contribution in [-0.2, 0) is 5.54 Å². The van der Waals surface area contributed by atoms with Crippen LogP contribution in [0.1, 0.15) is 87.4 Å². The molecule has 10 nitrogen and oxygen atoms in total. The second-order valence-corrected chi connectivity index (χ2v) is 13.9. The summed E-state index contributed by atoms with van der Waals surface area (Å²) < 4.78 is 1.98. The van der Waals surface area contributed by atoms with E-state index in [1.165, 1.54) is 45.1 Å². The van der Waals surface area contributed by atoms with Gasteiger partial charge in [-0.15, -0.1) is 11.6 Å². The number of carbonyl (C=O) groups excluding carboxylic acids is 1. The normalized spacial score (nSPS) is 25.4. The quantitative estimate of drug-likeness (QED) is 0.407. The Kier molecular flexibility index (Phi) is 9.35. The molecule has 4 N–H and O–H groups in total. The molecule has 0 bridgehead atoms. The van der Waals surface area contributed by atoms with Gasteiger partial charge in [-0.3, -0.25) is 14.7 Å². The first-order valence-corrected chi connectivity index (χ1v) is 17.0. The number of nitrogen functional groups attached to an aromatic ring is 1. The van der Waals surface area contributed by atoms with Crippen molar-refractivity contribution in [3.05, 3.63) is 24.0 Å². The van der Waals surface area contributed by atoms with Gasteiger partial charge in [-0.05, 0) is 52.3 Å². The van der Waals surface area contributed by atoms with Crippen LogP contribution in [0.4, 0.5) is 23.0 Å². The lowest BCUT2D eigenvalue weighted by atomic mass is 9.81. The molecule has 0 radical (unpaired) electrons. The van der Waals surface area contributed by atoms with Crippen molar-refractivity contribution in [3.63, 3.8) is 0 Å². The molecule has 3 fully saturated rings. The Hall–Kier alpha value is -2.56. The van der Waals surface area contributed by atoms with Gasteiger partial charge in [-0.1, -0.05) is 44.9 Å². The molecule has 1 spiro atoms. The summed E-state index contributed by atoms with van der Waals surface area (Å²) in [5.74, 6) is 0.678. The van der Waals surface area contributed by atoms with Gasteiger partial charge < -0.3 is 26.2 Å². The molecule has 6 rings (SSSR count). The number of aromatic nitrogens is 3. The standard InChI is InChI=1S/C32H50ClN9O/c1-39(2)24-13-19-41(22-24)23-11-17-40(18-12-23)26-10-16-35-20-25(26)37-31(43)28-29(34)38-42-30(28)36-21-27(33)32(42)14-8-6-4-3-5-7-9-15-32/h10,16,20,23-24,27,36H,3-9,11-15,17-19,21-22H2,1-2H3,(H2,34,38)(H,37,43). The highest BCUT2D eigenvalue weighted by atomic mass is 35.5. The molecular formula is C32H50ClN9O. The van der Waals surface area contributed by atoms with Crippen LogP contribution in [0.25, 0.3) is 0 Å². The van der Waals surface area contributed by atoms with Crippen molar-refractivity contribution in [3.8, 4) is 0 Å². The Morgan fingerprint density at radius 3 is 2.44 bits per heavy atom. The number of rotatable bonds is 5. The fraction of sp³-hybridized carbons (Fsp3) is 0.719. The summed E-state index contributed by atoms with van der Waals surface area (Å²) in [7, 11) is 4.37. The average Bonchev–Trinajstić information content (AvgIpc) is 3.64. The van der Waals surface area contributed by atoms with Gasteiger partial charge in [0.25, 0.3) is 5.91 Å². The van der Waals surface area contributed by atoms with Crippen molar-refractivity contribution < 1.29 is 4.79 Å². The number of halogens is 1. The molecule has 43 heavy (non-hydrogen) atoms. The van der Waals surface area contributed by atoms with Crippen LogP contribution in [0.3, 0.4) is 0 Å². The summed E-state index contributed by atoms with van der Waals surface area (Å²) >= 11 is 7.07. The number of hydrogen-bond acceptors (Lipinski definition) is 8. The first-order chi connectivity index (χ1) is 20.9. The first-order valence-electron chi connectivity index (χ1n) is 16.5. The van der Waals surface area contributed by atoms with E-state index in [0.29, 0.717) is 35.7 Å². The highest BCUT2D eigenvalue weighted by Crippen LogP contribution is 2.44. The lowest BCUT2D eigenvalue weighted by molar-refractivity contribution is 0.102. The minimum Gasteiger partial charge on any atom is -0.381 e. The van der Waals surface area contributed by atoms with Gasteiger partial charge in [-0.25, -0.2) is 4.68 Å². The molecule has 5 heterocycles. The Morgan fingerprint density at radius 2 is 1.77 bits per heavy atom. The molecule has 1 aliphatic carbocycles. The minimum atomic E-state index is -0.335. The molecule has 2 saturated heterocycles. The van der Waals surface area contributed by atoms with Crippen molar-refractivity contribution >= 4 is 40.5 Å². The van der Waals surface area contributed by atoms with Crippen LogP contribution in [-0.4, -0.2) is 94.8 Å². The number of piperidine rings is 1. The molecule has 236 valence electrons. The fourth-order valence-corrected chi connectivity index (χ4v) is 8.37. The van der Waals surface area contributed by atoms with E-state index in [-0.39, 0.29) is 22.6 Å². The maximum atomic E-state index is 13.9. The van der Waals surface area contributed by atoms with Gasteiger partial charge in [0, 0.05) is 51.0 Å². The Labute approximate surface area is 261 Å². The summed E-state index contributed by atoms with van der Waals surface area (Å²) in [6.07, 6.45) is 17.4. The Bertz CT molecular complexity index is 1250. The molecular weight excluding hydrogens is 562 g/mol. The third-order valence-electron chi connectivity index (χ3n) is 10.6. The first kappa shape index (κ1) is 30.5. The van der Waals surface area contributed by atoms with E-state index in [2.05, 4.69) is 44.4 Å². The molecule has 1 amide bonds. The van der Waals surface area contributed by atoms with Crippen LogP contribution >= 0.6 is 11.6 Å². The van der Waals surface area contributed by atoms with Gasteiger partial charge in [-0.2, -0.15) is 5.10 Å². The maximum absolute atomic E-state index is 13.9. The van der Waals surface area contributed by atoms with Gasteiger partial charge in [0.15, 0.2) is 5.82 Å². The molecule has 2 unspecified atom stereocenters. The van der Waals surface area contributed by atoms with Crippen LogP contribution < -0.4 is 21.3 Å². The van der Waals surface area contributed by atoms with E-state index in [4.69, 9.17) is 22.4 Å². The van der Waals surface area contributed by atoms with Crippen molar-refractivity contribution in [2.45, 2.75) is 100 Å². The Balaban J connectivity index is 1.18. The SMILES string of the molecule is CN(C)C1CCN(C2CCN(c3ccncc3NC(=O)c3c(N)nn4c3NCC(Cl)C43CCCCCCCCC3)CC2)C1. The fourth-order valence-electron chi connectivity index (χ4n) is 7.99. The topological polar surface area (TPSA) is 108 Å². The maximum Gasteiger partial charge on any atom is 0.263 e. The predicted molar refractivity (Wildman–Crippen MR) is 175 cm³/mol. The summed E-state index contributed by atoms with van der Waals surface area (Å²) in [5, 5.41) is 11.3. The van der Waals surface area contributed by atoms with E-state index < -0.39 is 0 Å². The molecule has 2 atom stereocenters. The number of nitrogens with two attached hydrogens (primary N) is 1. The van der Waals surface area contributed by atoms with Crippen molar-refractivity contribution in [2.24, 2.45) is 0 Å². The zero-order chi connectivity index (χ0) is 30.0. The van der Waals surface area contributed by atoms with Crippen LogP contribution in [0.15, 0.2) is 18.5 Å². The zero-order valence-corrected chi connectivity index (χ0v) is 26.8. The summed E-state index contributed by atoms with van der Waals surface area (Å²) in [5.41, 5.74) is 8.29. The Morgan fingerprint density at radius 1 is 1.07 bits per heavy atom. The van der Waals surface area contributed by atoms with Crippen LogP contribution in [0, 0.1) is 0 Å². The summed E-state index contributed by atoms with van der Waals surface area (Å²) in [6.45, 7) is 4.83. The number of nitrogens with zero attached hydrogens (tertiary/aromatic N) is 6. The van der Waals surface area contributed by atoms with Gasteiger partial charge in [0.2, 0.25) is 0 Å². The molecule has 3 aliphatic heterocycles. The van der Waals surface area contributed by atoms with Gasteiger partial charge in [0.05, 0.1) is 28.5 Å². The third kappa shape index (κ3) is 6.20. The number of likely N-dealkylation sites (N-methyl/N-ethyl adjacent to an activating group) is 1. The molecule has 1 saturated carbocycles. The van der Waals surface area contributed by atoms with E-state index >= 15 is 0 Å². The number of anilines is 4. The van der Waals surface area contributed by atoms with Crippen LogP contribution in [0.2, 0.25) is 0 Å². The molecule has 11 heteroatoms. The number of hydrogen-bond donors (Lipinski definition) is 3. The van der Waals surface area contributed by atoms with Crippen molar-refractivity contribution in [1.29, 1.82) is 0 Å².